The normalized spacial score (nSPS) is 17.2. The molecular formula is C27H22F9N5O. The standard InChI is InChI=1S/C27H22F9N5O/c1-40-38-24(37-39-40)41(13-15-8-20(26(31,32)33)12-21(9-15)27(34,35)36)14-18-11-19(25(28,29)30)3-4-22(18)16-2-5-23-17(10-16)6-7-42-23/h2-5,8-12,24,38H,6-7,13-14H2,1H3. The van der Waals surface area contributed by atoms with Crippen LogP contribution in [0.5, 0.6) is 5.75 Å². The van der Waals surface area contributed by atoms with Crippen LogP contribution in [0.1, 0.15) is 33.4 Å². The molecule has 1 N–H and O–H groups in total. The van der Waals surface area contributed by atoms with Crippen molar-refractivity contribution in [3.63, 3.8) is 0 Å². The number of nitrogens with one attached hydrogen (secondary N) is 1. The van der Waals surface area contributed by atoms with Crippen LogP contribution in [0.25, 0.3) is 11.1 Å². The number of halogens is 9. The molecule has 0 spiro atoms. The van der Waals surface area contributed by atoms with Gasteiger partial charge < -0.3 is 4.74 Å². The van der Waals surface area contributed by atoms with E-state index in [1.165, 1.54) is 23.1 Å². The SMILES string of the molecule is CN1N=NC(N(Cc2cc(C(F)(F)F)cc(C(F)(F)F)c2)Cc2cc(C(F)(F)F)ccc2-c2ccc3c(c2)CCO3)N1. The van der Waals surface area contributed by atoms with Crippen LogP contribution in [0.3, 0.4) is 0 Å². The minimum Gasteiger partial charge on any atom is -0.493 e. The smallest absolute Gasteiger partial charge is 0.416 e. The Balaban J connectivity index is 1.58. The van der Waals surface area contributed by atoms with Crippen LogP contribution in [-0.2, 0) is 38.0 Å². The van der Waals surface area contributed by atoms with Gasteiger partial charge in [0.2, 0.25) is 0 Å². The summed E-state index contributed by atoms with van der Waals surface area (Å²) in [5.41, 5.74) is 0.349. The third kappa shape index (κ3) is 6.46. The van der Waals surface area contributed by atoms with Gasteiger partial charge in [0.25, 0.3) is 0 Å². The molecule has 224 valence electrons. The summed E-state index contributed by atoms with van der Waals surface area (Å²) in [4.78, 5) is 1.30. The third-order valence-corrected chi connectivity index (χ3v) is 6.78. The largest absolute Gasteiger partial charge is 0.493 e. The summed E-state index contributed by atoms with van der Waals surface area (Å²) in [5, 5.41) is 8.88. The molecule has 0 aromatic heterocycles. The van der Waals surface area contributed by atoms with Gasteiger partial charge in [-0.15, -0.1) is 5.11 Å². The van der Waals surface area contributed by atoms with Crippen molar-refractivity contribution in [3.8, 4) is 16.9 Å². The fourth-order valence-corrected chi connectivity index (χ4v) is 4.83. The van der Waals surface area contributed by atoms with Gasteiger partial charge in [-0.3, -0.25) is 4.90 Å². The van der Waals surface area contributed by atoms with E-state index in [9.17, 15) is 39.5 Å². The summed E-state index contributed by atoms with van der Waals surface area (Å²) < 4.78 is 128. The molecule has 1 atom stereocenters. The van der Waals surface area contributed by atoms with Gasteiger partial charge in [0.1, 0.15) is 5.75 Å². The van der Waals surface area contributed by atoms with Gasteiger partial charge in [0, 0.05) is 26.6 Å². The first-order chi connectivity index (χ1) is 19.6. The molecule has 3 aromatic rings. The lowest BCUT2D eigenvalue weighted by Gasteiger charge is -2.28. The van der Waals surface area contributed by atoms with Crippen LogP contribution in [0.4, 0.5) is 39.5 Å². The Morgan fingerprint density at radius 1 is 0.833 bits per heavy atom. The number of fused-ring (bicyclic) bond motifs is 1. The van der Waals surface area contributed by atoms with Crippen molar-refractivity contribution >= 4 is 0 Å². The highest BCUT2D eigenvalue weighted by Crippen LogP contribution is 2.39. The molecule has 0 saturated heterocycles. The Morgan fingerprint density at radius 3 is 2.10 bits per heavy atom. The van der Waals surface area contributed by atoms with E-state index in [-0.39, 0.29) is 23.7 Å². The Labute approximate surface area is 233 Å². The highest BCUT2D eigenvalue weighted by molar-refractivity contribution is 5.70. The molecule has 15 heteroatoms. The maximum absolute atomic E-state index is 13.7. The Morgan fingerprint density at radius 2 is 1.50 bits per heavy atom. The summed E-state index contributed by atoms with van der Waals surface area (Å²) >= 11 is 0. The maximum atomic E-state index is 13.7. The number of benzene rings is 3. The second-order valence-corrected chi connectivity index (χ2v) is 9.84. The summed E-state index contributed by atoms with van der Waals surface area (Å²) in [6.45, 7) is -0.421. The fourth-order valence-electron chi connectivity index (χ4n) is 4.83. The second-order valence-electron chi connectivity index (χ2n) is 9.84. The van der Waals surface area contributed by atoms with Crippen molar-refractivity contribution in [3.05, 3.63) is 88.0 Å². The zero-order valence-corrected chi connectivity index (χ0v) is 21.7. The Bertz CT molecular complexity index is 1470. The van der Waals surface area contributed by atoms with Gasteiger partial charge >= 0.3 is 18.5 Å². The summed E-state index contributed by atoms with van der Waals surface area (Å²) in [7, 11) is 1.45. The molecule has 6 nitrogen and oxygen atoms in total. The van der Waals surface area contributed by atoms with Crippen LogP contribution in [0.2, 0.25) is 0 Å². The van der Waals surface area contributed by atoms with E-state index < -0.39 is 48.1 Å². The zero-order chi connectivity index (χ0) is 30.4. The molecule has 0 fully saturated rings. The van der Waals surface area contributed by atoms with E-state index in [4.69, 9.17) is 4.74 Å². The van der Waals surface area contributed by atoms with E-state index in [0.717, 1.165) is 17.7 Å². The maximum Gasteiger partial charge on any atom is 0.416 e. The topological polar surface area (TPSA) is 52.5 Å². The van der Waals surface area contributed by atoms with E-state index in [1.54, 1.807) is 18.2 Å². The first-order valence-electron chi connectivity index (χ1n) is 12.5. The van der Waals surface area contributed by atoms with Crippen LogP contribution >= 0.6 is 0 Å². The van der Waals surface area contributed by atoms with E-state index in [0.29, 0.717) is 42.0 Å². The van der Waals surface area contributed by atoms with Crippen molar-refractivity contribution in [1.29, 1.82) is 0 Å². The van der Waals surface area contributed by atoms with Gasteiger partial charge in [-0.05, 0) is 70.3 Å². The van der Waals surface area contributed by atoms with Crippen molar-refractivity contribution in [2.75, 3.05) is 13.7 Å². The first kappa shape index (κ1) is 29.6. The lowest BCUT2D eigenvalue weighted by molar-refractivity contribution is -0.143. The summed E-state index contributed by atoms with van der Waals surface area (Å²) in [6.07, 6.45) is -15.4. The summed E-state index contributed by atoms with van der Waals surface area (Å²) in [6, 6.07) is 9.42. The zero-order valence-electron chi connectivity index (χ0n) is 21.7. The Kier molecular flexibility index (Phi) is 7.60. The second kappa shape index (κ2) is 10.8. The van der Waals surface area contributed by atoms with E-state index in [1.807, 2.05) is 0 Å². The van der Waals surface area contributed by atoms with Crippen molar-refractivity contribution in [2.24, 2.45) is 10.3 Å². The Hall–Kier alpha value is -3.85. The highest BCUT2D eigenvalue weighted by Gasteiger charge is 2.38. The third-order valence-electron chi connectivity index (χ3n) is 6.78. The molecule has 0 aliphatic carbocycles. The van der Waals surface area contributed by atoms with Gasteiger partial charge in [-0.25, -0.2) is 5.12 Å². The lowest BCUT2D eigenvalue weighted by Crippen LogP contribution is -2.44. The van der Waals surface area contributed by atoms with E-state index in [2.05, 4.69) is 15.8 Å². The van der Waals surface area contributed by atoms with Crippen molar-refractivity contribution in [1.82, 2.24) is 15.4 Å². The molecule has 3 aromatic carbocycles. The summed E-state index contributed by atoms with van der Waals surface area (Å²) in [5.74, 6) is 0.650. The number of hydrogen-bond acceptors (Lipinski definition) is 6. The van der Waals surface area contributed by atoms with E-state index >= 15 is 0 Å². The monoisotopic (exact) mass is 603 g/mol. The first-order valence-corrected chi connectivity index (χ1v) is 12.5. The van der Waals surface area contributed by atoms with Crippen LogP contribution < -0.4 is 10.2 Å². The molecule has 0 amide bonds. The molecule has 2 heterocycles. The lowest BCUT2D eigenvalue weighted by atomic mass is 9.95. The molecule has 0 saturated carbocycles. The number of alkyl halides is 9. The van der Waals surface area contributed by atoms with Crippen LogP contribution in [0, 0.1) is 0 Å². The van der Waals surface area contributed by atoms with Gasteiger partial charge in [0.05, 0.1) is 23.3 Å². The number of hydrogen-bond donors (Lipinski definition) is 1. The number of nitrogens with zero attached hydrogens (tertiary/aromatic N) is 4. The number of rotatable bonds is 6. The number of ether oxygens (including phenoxy) is 1. The molecule has 1 unspecified atom stereocenters. The average Bonchev–Trinajstić information content (AvgIpc) is 3.55. The predicted octanol–water partition coefficient (Wildman–Crippen LogP) is 7.45. The molecular weight excluding hydrogens is 581 g/mol. The van der Waals surface area contributed by atoms with Crippen molar-refractivity contribution in [2.45, 2.75) is 44.3 Å². The van der Waals surface area contributed by atoms with Gasteiger partial charge in [-0.1, -0.05) is 17.4 Å². The highest BCUT2D eigenvalue weighted by atomic mass is 19.4. The number of hydrazine groups is 1. The van der Waals surface area contributed by atoms with Gasteiger partial charge in [-0.2, -0.15) is 44.9 Å². The minimum atomic E-state index is -5.07. The van der Waals surface area contributed by atoms with Crippen LogP contribution in [0.15, 0.2) is 64.9 Å². The molecule has 0 radical (unpaired) electrons. The minimum absolute atomic E-state index is 0.0115. The average molecular weight is 603 g/mol. The molecule has 42 heavy (non-hydrogen) atoms. The van der Waals surface area contributed by atoms with Crippen molar-refractivity contribution < 1.29 is 44.3 Å². The molecule has 5 rings (SSSR count). The fraction of sp³-hybridized carbons (Fsp3) is 0.333. The predicted molar refractivity (Wildman–Crippen MR) is 131 cm³/mol. The molecule has 0 bridgehead atoms. The quantitative estimate of drug-likeness (QED) is 0.298. The van der Waals surface area contributed by atoms with Gasteiger partial charge in [0.15, 0.2) is 6.29 Å². The molecule has 2 aliphatic rings. The van der Waals surface area contributed by atoms with Crippen LogP contribution in [-0.4, -0.2) is 30.0 Å². The molecule has 2 aliphatic heterocycles.